The van der Waals surface area contributed by atoms with Crippen LogP contribution in [-0.2, 0) is 16.1 Å². The molecular formula is C32H52N4O3. The Balaban J connectivity index is 1.95. The highest BCUT2D eigenvalue weighted by Gasteiger charge is 2.22. The first kappa shape index (κ1) is 32.3. The maximum absolute atomic E-state index is 12.2. The number of hydrogen-bond acceptors (Lipinski definition) is 5. The summed E-state index contributed by atoms with van der Waals surface area (Å²) in [6.07, 6.45) is 10.6. The molecule has 1 aliphatic carbocycles. The summed E-state index contributed by atoms with van der Waals surface area (Å²) in [4.78, 5) is 24.4. The van der Waals surface area contributed by atoms with Crippen LogP contribution in [0.5, 0.6) is 0 Å². The number of carbonyl (C=O) groups excluding carboxylic acids is 2. The van der Waals surface area contributed by atoms with Crippen molar-refractivity contribution in [2.45, 2.75) is 117 Å². The van der Waals surface area contributed by atoms with Gasteiger partial charge in [-0.25, -0.2) is 4.79 Å². The van der Waals surface area contributed by atoms with Crippen molar-refractivity contribution in [2.75, 3.05) is 6.54 Å². The lowest BCUT2D eigenvalue weighted by Gasteiger charge is -2.25. The van der Waals surface area contributed by atoms with E-state index in [9.17, 15) is 9.59 Å². The van der Waals surface area contributed by atoms with E-state index in [1.807, 2.05) is 31.2 Å². The van der Waals surface area contributed by atoms with E-state index in [0.717, 1.165) is 78.6 Å². The van der Waals surface area contributed by atoms with Gasteiger partial charge >= 0.3 is 6.09 Å². The zero-order valence-electron chi connectivity index (χ0n) is 24.7. The maximum atomic E-state index is 12.2. The first-order chi connectivity index (χ1) is 18.7. The molecule has 1 aromatic rings. The van der Waals surface area contributed by atoms with E-state index in [-0.39, 0.29) is 18.1 Å². The Bertz CT molecular complexity index is 962. The molecule has 0 aromatic heterocycles. The molecule has 39 heavy (non-hydrogen) atoms. The summed E-state index contributed by atoms with van der Waals surface area (Å²) in [7, 11) is 0. The van der Waals surface area contributed by atoms with Crippen LogP contribution in [-0.4, -0.2) is 24.6 Å². The van der Waals surface area contributed by atoms with Crippen LogP contribution in [0, 0.1) is 5.92 Å². The zero-order valence-corrected chi connectivity index (χ0v) is 24.7. The molecule has 0 spiro atoms. The molecule has 0 heterocycles. The molecule has 7 heteroatoms. The highest BCUT2D eigenvalue weighted by Crippen LogP contribution is 2.33. The predicted molar refractivity (Wildman–Crippen MR) is 160 cm³/mol. The lowest BCUT2D eigenvalue weighted by atomic mass is 9.86. The van der Waals surface area contributed by atoms with E-state index in [2.05, 4.69) is 31.4 Å². The summed E-state index contributed by atoms with van der Waals surface area (Å²) in [6.45, 7) is 9.52. The van der Waals surface area contributed by atoms with Gasteiger partial charge in [0.25, 0.3) is 0 Å². The number of hydrogen-bond donors (Lipinski definition) is 4. The number of amides is 2. The first-order valence-corrected chi connectivity index (χ1v) is 15.0. The molecule has 7 nitrogen and oxygen atoms in total. The van der Waals surface area contributed by atoms with E-state index < -0.39 is 0 Å². The molecule has 1 fully saturated rings. The normalized spacial score (nSPS) is 18.6. The van der Waals surface area contributed by atoms with E-state index in [0.29, 0.717) is 31.8 Å². The fourth-order valence-corrected chi connectivity index (χ4v) is 4.92. The number of nitrogens with one attached hydrogen (secondary N) is 2. The summed E-state index contributed by atoms with van der Waals surface area (Å²) in [5.41, 5.74) is 18.6. The van der Waals surface area contributed by atoms with Crippen molar-refractivity contribution in [1.29, 1.82) is 0 Å². The minimum absolute atomic E-state index is 0.107. The lowest BCUT2D eigenvalue weighted by Crippen LogP contribution is -2.31. The lowest BCUT2D eigenvalue weighted by molar-refractivity contribution is -0.121. The van der Waals surface area contributed by atoms with Gasteiger partial charge in [0.1, 0.15) is 6.10 Å². The molecule has 6 N–H and O–H groups in total. The number of carbonyl (C=O) groups is 2. The molecule has 0 aliphatic heterocycles. The van der Waals surface area contributed by atoms with Crippen LogP contribution in [0.4, 0.5) is 4.79 Å². The van der Waals surface area contributed by atoms with E-state index >= 15 is 0 Å². The standard InChI is InChI=1S/C32H52N4O3/c1-5-6-7-8-9-13-30(37)36-22-25-14-16-26(17-15-25)31(34)29-12-10-11-27(18-19-28(29)24(4)33)39-32(38)35-21-20-23(2)3/h14-17,23,27H,5-13,18-22,33-34H2,1-4H3,(H,35,38)(H,36,37)/b28-24-,31-29-. The molecule has 1 unspecified atom stereocenters. The van der Waals surface area contributed by atoms with Crippen LogP contribution in [0.25, 0.3) is 5.70 Å². The molecule has 1 saturated carbocycles. The SMILES string of the molecule is CCCCCCCC(=O)NCc1ccc(/C(N)=C2\CCCC(OC(=O)NCCC(C)C)CC\C2=C(/C)N)cc1. The predicted octanol–water partition coefficient (Wildman–Crippen LogP) is 6.67. The van der Waals surface area contributed by atoms with Crippen molar-refractivity contribution >= 4 is 17.7 Å². The molecule has 0 bridgehead atoms. The van der Waals surface area contributed by atoms with Gasteiger partial charge in [0.15, 0.2) is 0 Å². The van der Waals surface area contributed by atoms with Crippen molar-refractivity contribution in [2.24, 2.45) is 17.4 Å². The Labute approximate surface area is 236 Å². The summed E-state index contributed by atoms with van der Waals surface area (Å²) in [6, 6.07) is 8.08. The third-order valence-corrected chi connectivity index (χ3v) is 7.36. The van der Waals surface area contributed by atoms with Crippen molar-refractivity contribution in [3.8, 4) is 0 Å². The van der Waals surface area contributed by atoms with E-state index in [1.54, 1.807) is 0 Å². The van der Waals surface area contributed by atoms with Gasteiger partial charge in [0, 0.05) is 30.9 Å². The Morgan fingerprint density at radius 1 is 0.974 bits per heavy atom. The second-order valence-electron chi connectivity index (χ2n) is 11.3. The molecule has 1 atom stereocenters. The second kappa shape index (κ2) is 17.6. The van der Waals surface area contributed by atoms with Crippen LogP contribution in [0.1, 0.15) is 116 Å². The van der Waals surface area contributed by atoms with E-state index in [1.165, 1.54) is 19.3 Å². The summed E-state index contributed by atoms with van der Waals surface area (Å²) < 4.78 is 5.72. The van der Waals surface area contributed by atoms with Crippen molar-refractivity contribution in [3.63, 3.8) is 0 Å². The van der Waals surface area contributed by atoms with Crippen LogP contribution in [0.2, 0.25) is 0 Å². The fourth-order valence-electron chi connectivity index (χ4n) is 4.92. The van der Waals surface area contributed by atoms with Gasteiger partial charge < -0.3 is 26.8 Å². The van der Waals surface area contributed by atoms with Gasteiger partial charge in [-0.05, 0) is 80.1 Å². The van der Waals surface area contributed by atoms with Crippen LogP contribution in [0.15, 0.2) is 41.1 Å². The van der Waals surface area contributed by atoms with Crippen LogP contribution < -0.4 is 22.1 Å². The second-order valence-corrected chi connectivity index (χ2v) is 11.3. The molecule has 218 valence electrons. The van der Waals surface area contributed by atoms with Crippen molar-refractivity contribution in [1.82, 2.24) is 10.6 Å². The minimum Gasteiger partial charge on any atom is -0.446 e. The van der Waals surface area contributed by atoms with Gasteiger partial charge in [0.2, 0.25) is 5.91 Å². The van der Waals surface area contributed by atoms with Crippen LogP contribution in [0.3, 0.4) is 0 Å². The maximum Gasteiger partial charge on any atom is 0.407 e. The Hall–Kier alpha value is -2.96. The molecule has 2 amide bonds. The van der Waals surface area contributed by atoms with Gasteiger partial charge in [-0.3, -0.25) is 4.79 Å². The number of unbranched alkanes of at least 4 members (excludes halogenated alkanes) is 4. The molecule has 0 saturated heterocycles. The third-order valence-electron chi connectivity index (χ3n) is 7.36. The quantitative estimate of drug-likeness (QED) is 0.208. The number of alkyl carbamates (subject to hydrolysis) is 1. The minimum atomic E-state index is -0.338. The highest BCUT2D eigenvalue weighted by molar-refractivity contribution is 5.76. The molecular weight excluding hydrogens is 488 g/mol. The molecule has 1 aromatic carbocycles. The Morgan fingerprint density at radius 3 is 2.36 bits per heavy atom. The third kappa shape index (κ3) is 12.2. The number of rotatable bonds is 13. The number of allylic oxidation sites excluding steroid dienone is 3. The topological polar surface area (TPSA) is 119 Å². The average molecular weight is 541 g/mol. The summed E-state index contributed by atoms with van der Waals surface area (Å²) in [5, 5.41) is 5.89. The number of nitrogens with two attached hydrogens (primary N) is 2. The summed E-state index contributed by atoms with van der Waals surface area (Å²) in [5.74, 6) is 0.643. The fraction of sp³-hybridized carbons (Fsp3) is 0.625. The monoisotopic (exact) mass is 540 g/mol. The summed E-state index contributed by atoms with van der Waals surface area (Å²) >= 11 is 0. The Kier molecular flexibility index (Phi) is 14.5. The smallest absolute Gasteiger partial charge is 0.407 e. The van der Waals surface area contributed by atoms with Crippen LogP contribution >= 0.6 is 0 Å². The molecule has 2 rings (SSSR count). The highest BCUT2D eigenvalue weighted by atomic mass is 16.6. The van der Waals surface area contributed by atoms with Gasteiger partial charge in [-0.2, -0.15) is 0 Å². The molecule has 0 radical (unpaired) electrons. The van der Waals surface area contributed by atoms with Gasteiger partial charge in [-0.1, -0.05) is 70.7 Å². The van der Waals surface area contributed by atoms with Gasteiger partial charge in [0.05, 0.1) is 0 Å². The first-order valence-electron chi connectivity index (χ1n) is 15.0. The average Bonchev–Trinajstić information content (AvgIpc) is 2.88. The number of benzene rings is 1. The van der Waals surface area contributed by atoms with Crippen molar-refractivity contribution in [3.05, 3.63) is 52.2 Å². The number of ether oxygens (including phenoxy) is 1. The zero-order chi connectivity index (χ0) is 28.6. The van der Waals surface area contributed by atoms with E-state index in [4.69, 9.17) is 16.2 Å². The Morgan fingerprint density at radius 2 is 1.69 bits per heavy atom. The van der Waals surface area contributed by atoms with Gasteiger partial charge in [-0.15, -0.1) is 0 Å². The molecule has 1 aliphatic rings. The van der Waals surface area contributed by atoms with Crippen molar-refractivity contribution < 1.29 is 14.3 Å². The largest absolute Gasteiger partial charge is 0.446 e.